The van der Waals surface area contributed by atoms with Gasteiger partial charge in [0.15, 0.2) is 17.7 Å². The standard InChI is InChI=1S/C19H19F2N3O8S/c1-11(19(26)23-16-6-3-12(31-2)9-17(16)24(27)28)32-18(25)7-8-22-33(29,30)13-4-5-14(20)15(21)10-13/h3-6,9-11,22H,7-8H2,1-2H3,(H,23,26). The van der Waals surface area contributed by atoms with Crippen LogP contribution in [0.5, 0.6) is 5.75 Å². The number of hydrogen-bond acceptors (Lipinski definition) is 8. The van der Waals surface area contributed by atoms with Gasteiger partial charge in [-0.1, -0.05) is 0 Å². The first-order valence-corrected chi connectivity index (χ1v) is 10.7. The molecule has 0 heterocycles. The Hall–Kier alpha value is -3.65. The van der Waals surface area contributed by atoms with Gasteiger partial charge in [-0.15, -0.1) is 0 Å². The lowest BCUT2D eigenvalue weighted by atomic mass is 10.2. The number of amides is 1. The number of ether oxygens (including phenoxy) is 2. The van der Waals surface area contributed by atoms with Crippen LogP contribution in [0, 0.1) is 21.7 Å². The Morgan fingerprint density at radius 3 is 2.45 bits per heavy atom. The summed E-state index contributed by atoms with van der Waals surface area (Å²) >= 11 is 0. The number of nitro benzene ring substituents is 1. The molecular formula is C19H19F2N3O8S. The third kappa shape index (κ3) is 6.92. The minimum absolute atomic E-state index is 0.145. The maximum atomic E-state index is 13.2. The van der Waals surface area contributed by atoms with E-state index in [9.17, 15) is 36.9 Å². The first-order chi connectivity index (χ1) is 15.4. The second-order valence-corrected chi connectivity index (χ2v) is 8.25. The molecule has 0 aliphatic heterocycles. The molecule has 2 rings (SSSR count). The Morgan fingerprint density at radius 2 is 1.85 bits per heavy atom. The molecule has 0 saturated carbocycles. The minimum atomic E-state index is -4.22. The van der Waals surface area contributed by atoms with Gasteiger partial charge in [-0.3, -0.25) is 19.7 Å². The summed E-state index contributed by atoms with van der Waals surface area (Å²) in [5.41, 5.74) is -0.583. The number of nitrogens with one attached hydrogen (secondary N) is 2. The second kappa shape index (κ2) is 10.8. The zero-order valence-corrected chi connectivity index (χ0v) is 18.1. The predicted octanol–water partition coefficient (Wildman–Crippen LogP) is 2.12. The van der Waals surface area contributed by atoms with Crippen molar-refractivity contribution in [1.82, 2.24) is 4.72 Å². The fourth-order valence-electron chi connectivity index (χ4n) is 2.45. The molecule has 2 aromatic carbocycles. The number of methoxy groups -OCH3 is 1. The van der Waals surface area contributed by atoms with E-state index in [1.165, 1.54) is 26.2 Å². The number of anilines is 1. The van der Waals surface area contributed by atoms with E-state index >= 15 is 0 Å². The molecule has 0 spiro atoms. The van der Waals surface area contributed by atoms with Gasteiger partial charge in [0.1, 0.15) is 11.4 Å². The van der Waals surface area contributed by atoms with E-state index in [-0.39, 0.29) is 11.4 Å². The molecule has 14 heteroatoms. The van der Waals surface area contributed by atoms with Crippen molar-refractivity contribution in [3.8, 4) is 5.75 Å². The molecule has 11 nitrogen and oxygen atoms in total. The summed E-state index contributed by atoms with van der Waals surface area (Å²) < 4.78 is 62.1. The molecular weight excluding hydrogens is 468 g/mol. The van der Waals surface area contributed by atoms with Gasteiger partial charge in [0.2, 0.25) is 10.0 Å². The Morgan fingerprint density at radius 1 is 1.15 bits per heavy atom. The zero-order chi connectivity index (χ0) is 24.8. The Balaban J connectivity index is 1.90. The fourth-order valence-corrected chi connectivity index (χ4v) is 3.50. The van der Waals surface area contributed by atoms with Crippen molar-refractivity contribution in [2.75, 3.05) is 19.0 Å². The van der Waals surface area contributed by atoms with Gasteiger partial charge in [0.05, 0.1) is 29.4 Å². The van der Waals surface area contributed by atoms with Crippen molar-refractivity contribution in [1.29, 1.82) is 0 Å². The minimum Gasteiger partial charge on any atom is -0.496 e. The molecule has 33 heavy (non-hydrogen) atoms. The van der Waals surface area contributed by atoms with Gasteiger partial charge in [-0.25, -0.2) is 21.9 Å². The number of nitro groups is 1. The van der Waals surface area contributed by atoms with Crippen LogP contribution in [0.25, 0.3) is 0 Å². The normalized spacial score (nSPS) is 12.0. The molecule has 0 aromatic heterocycles. The molecule has 2 N–H and O–H groups in total. The average Bonchev–Trinajstić information content (AvgIpc) is 2.75. The smallest absolute Gasteiger partial charge is 0.307 e. The third-order valence-electron chi connectivity index (χ3n) is 4.16. The monoisotopic (exact) mass is 487 g/mol. The highest BCUT2D eigenvalue weighted by molar-refractivity contribution is 7.89. The van der Waals surface area contributed by atoms with Crippen LogP contribution in [0.4, 0.5) is 20.2 Å². The Kier molecular flexibility index (Phi) is 8.37. The first kappa shape index (κ1) is 25.6. The molecule has 1 atom stereocenters. The highest BCUT2D eigenvalue weighted by Crippen LogP contribution is 2.29. The maximum absolute atomic E-state index is 13.2. The van der Waals surface area contributed by atoms with Crippen molar-refractivity contribution in [3.05, 3.63) is 58.1 Å². The van der Waals surface area contributed by atoms with Crippen molar-refractivity contribution in [3.63, 3.8) is 0 Å². The molecule has 0 fully saturated rings. The number of esters is 1. The van der Waals surface area contributed by atoms with E-state index in [0.29, 0.717) is 12.1 Å². The highest BCUT2D eigenvalue weighted by atomic mass is 32.2. The summed E-state index contributed by atoms with van der Waals surface area (Å²) in [5.74, 6) is -4.18. The van der Waals surface area contributed by atoms with Crippen LogP contribution < -0.4 is 14.8 Å². The molecule has 1 unspecified atom stereocenters. The summed E-state index contributed by atoms with van der Waals surface area (Å²) in [5, 5.41) is 13.4. The van der Waals surface area contributed by atoms with Gasteiger partial charge < -0.3 is 14.8 Å². The van der Waals surface area contributed by atoms with Crippen molar-refractivity contribution in [2.24, 2.45) is 0 Å². The highest BCUT2D eigenvalue weighted by Gasteiger charge is 2.23. The molecule has 178 valence electrons. The molecule has 0 aliphatic carbocycles. The number of sulfonamides is 1. The van der Waals surface area contributed by atoms with Gasteiger partial charge in [-0.05, 0) is 37.3 Å². The SMILES string of the molecule is COc1ccc(NC(=O)C(C)OC(=O)CCNS(=O)(=O)c2ccc(F)c(F)c2)c([N+](=O)[O-])c1. The van der Waals surface area contributed by atoms with Gasteiger partial charge in [0.25, 0.3) is 11.6 Å². The number of rotatable bonds is 10. The molecule has 0 radical (unpaired) electrons. The van der Waals surface area contributed by atoms with E-state index in [4.69, 9.17) is 9.47 Å². The van der Waals surface area contributed by atoms with E-state index in [1.54, 1.807) is 0 Å². The van der Waals surface area contributed by atoms with Crippen LogP contribution in [0.3, 0.4) is 0 Å². The molecule has 0 aliphatic rings. The van der Waals surface area contributed by atoms with Crippen LogP contribution in [0.2, 0.25) is 0 Å². The summed E-state index contributed by atoms with van der Waals surface area (Å²) in [4.78, 5) is 34.1. The quantitative estimate of drug-likeness (QED) is 0.293. The van der Waals surface area contributed by atoms with Gasteiger partial charge in [0, 0.05) is 6.54 Å². The van der Waals surface area contributed by atoms with Crippen molar-refractivity contribution < 1.29 is 41.2 Å². The first-order valence-electron chi connectivity index (χ1n) is 9.22. The largest absolute Gasteiger partial charge is 0.496 e. The molecule has 0 bridgehead atoms. The Bertz CT molecular complexity index is 1170. The lowest BCUT2D eigenvalue weighted by Crippen LogP contribution is -2.32. The Labute approximate surface area is 186 Å². The molecule has 1 amide bonds. The number of benzene rings is 2. The number of carbonyl (C=O) groups excluding carboxylic acids is 2. The third-order valence-corrected chi connectivity index (χ3v) is 5.62. The number of halogens is 2. The van der Waals surface area contributed by atoms with Crippen LogP contribution >= 0.6 is 0 Å². The number of nitrogens with zero attached hydrogens (tertiary/aromatic N) is 1. The van der Waals surface area contributed by atoms with Crippen molar-refractivity contribution >= 4 is 33.3 Å². The topological polar surface area (TPSA) is 154 Å². The summed E-state index contributed by atoms with van der Waals surface area (Å²) in [6, 6.07) is 5.72. The van der Waals surface area contributed by atoms with Crippen LogP contribution in [0.1, 0.15) is 13.3 Å². The second-order valence-electron chi connectivity index (χ2n) is 6.49. The summed E-state index contributed by atoms with van der Waals surface area (Å²) in [6.07, 6.45) is -1.84. The predicted molar refractivity (Wildman–Crippen MR) is 110 cm³/mol. The molecule has 2 aromatic rings. The fraction of sp³-hybridized carbons (Fsp3) is 0.263. The lowest BCUT2D eigenvalue weighted by Gasteiger charge is -2.14. The van der Waals surface area contributed by atoms with Crippen LogP contribution in [-0.4, -0.2) is 45.0 Å². The zero-order valence-electron chi connectivity index (χ0n) is 17.3. The van der Waals surface area contributed by atoms with E-state index < -0.39 is 68.1 Å². The van der Waals surface area contributed by atoms with E-state index in [1.807, 2.05) is 4.72 Å². The maximum Gasteiger partial charge on any atom is 0.307 e. The molecule has 0 saturated heterocycles. The van der Waals surface area contributed by atoms with Crippen LogP contribution in [0.15, 0.2) is 41.3 Å². The summed E-state index contributed by atoms with van der Waals surface area (Å²) in [7, 11) is -2.90. The average molecular weight is 487 g/mol. The van der Waals surface area contributed by atoms with Gasteiger partial charge >= 0.3 is 5.97 Å². The summed E-state index contributed by atoms with van der Waals surface area (Å²) in [6.45, 7) is 0.770. The van der Waals surface area contributed by atoms with E-state index in [0.717, 1.165) is 12.1 Å². The number of carbonyl (C=O) groups is 2. The van der Waals surface area contributed by atoms with Crippen LogP contribution in [-0.2, 0) is 24.3 Å². The van der Waals surface area contributed by atoms with Crippen molar-refractivity contribution in [2.45, 2.75) is 24.3 Å². The lowest BCUT2D eigenvalue weighted by molar-refractivity contribution is -0.384. The van der Waals surface area contributed by atoms with E-state index in [2.05, 4.69) is 5.32 Å². The number of hydrogen-bond donors (Lipinski definition) is 2. The van der Waals surface area contributed by atoms with Gasteiger partial charge in [-0.2, -0.15) is 0 Å².